The Bertz CT molecular complexity index is 594. The molecule has 0 spiro atoms. The van der Waals surface area contributed by atoms with Crippen LogP contribution in [0, 0.1) is 5.92 Å². The molecule has 120 valence electrons. The number of fused-ring (bicyclic) bond motifs is 1. The van der Waals surface area contributed by atoms with Gasteiger partial charge in [-0.1, -0.05) is 45.2 Å². The highest BCUT2D eigenvalue weighted by molar-refractivity contribution is 5.75. The minimum absolute atomic E-state index is 0.695. The SMILES string of the molecule is CC[C@@H](C)Cn1c(CN2CCCCCC2)nc2ccccc21. The summed E-state index contributed by atoms with van der Waals surface area (Å²) in [5.74, 6) is 1.95. The van der Waals surface area contributed by atoms with Crippen LogP contribution >= 0.6 is 0 Å². The lowest BCUT2D eigenvalue weighted by Crippen LogP contribution is -2.26. The molecule has 0 bridgehead atoms. The number of rotatable bonds is 5. The number of likely N-dealkylation sites (tertiary alicyclic amines) is 1. The third-order valence-corrected chi connectivity index (χ3v) is 4.99. The van der Waals surface area contributed by atoms with Gasteiger partial charge in [0.25, 0.3) is 0 Å². The van der Waals surface area contributed by atoms with Gasteiger partial charge in [0.15, 0.2) is 0 Å². The van der Waals surface area contributed by atoms with Crippen LogP contribution in [0.15, 0.2) is 24.3 Å². The molecule has 1 fully saturated rings. The van der Waals surface area contributed by atoms with Gasteiger partial charge in [0.1, 0.15) is 5.82 Å². The average molecular weight is 299 g/mol. The summed E-state index contributed by atoms with van der Waals surface area (Å²) in [6.07, 6.45) is 6.67. The fraction of sp³-hybridized carbons (Fsp3) is 0.632. The van der Waals surface area contributed by atoms with Crippen LogP contribution in [0.4, 0.5) is 0 Å². The van der Waals surface area contributed by atoms with Crippen molar-refractivity contribution in [2.24, 2.45) is 5.92 Å². The van der Waals surface area contributed by atoms with Crippen LogP contribution in [0.1, 0.15) is 51.8 Å². The number of nitrogens with zero attached hydrogens (tertiary/aromatic N) is 3. The predicted octanol–water partition coefficient (Wildman–Crippen LogP) is 4.46. The number of hydrogen-bond acceptors (Lipinski definition) is 2. The number of aromatic nitrogens is 2. The molecule has 1 atom stereocenters. The summed E-state index contributed by atoms with van der Waals surface area (Å²) < 4.78 is 2.47. The number of imidazole rings is 1. The molecule has 3 heteroatoms. The molecule has 1 aromatic heterocycles. The van der Waals surface area contributed by atoms with E-state index in [-0.39, 0.29) is 0 Å². The van der Waals surface area contributed by atoms with Crippen LogP contribution in [0.3, 0.4) is 0 Å². The maximum Gasteiger partial charge on any atom is 0.124 e. The molecule has 0 unspecified atom stereocenters. The highest BCUT2D eigenvalue weighted by Crippen LogP contribution is 2.21. The third-order valence-electron chi connectivity index (χ3n) is 4.99. The molecule has 3 nitrogen and oxygen atoms in total. The molecule has 1 aromatic carbocycles. The Morgan fingerprint density at radius 2 is 1.82 bits per heavy atom. The lowest BCUT2D eigenvalue weighted by molar-refractivity contribution is 0.264. The quantitative estimate of drug-likeness (QED) is 0.813. The lowest BCUT2D eigenvalue weighted by Gasteiger charge is -2.21. The molecular weight excluding hydrogens is 270 g/mol. The van der Waals surface area contributed by atoms with E-state index >= 15 is 0 Å². The van der Waals surface area contributed by atoms with Crippen LogP contribution in [0.25, 0.3) is 11.0 Å². The van der Waals surface area contributed by atoms with Gasteiger partial charge in [-0.2, -0.15) is 0 Å². The summed E-state index contributed by atoms with van der Waals surface area (Å²) in [6, 6.07) is 8.59. The van der Waals surface area contributed by atoms with Crippen molar-refractivity contribution in [3.63, 3.8) is 0 Å². The van der Waals surface area contributed by atoms with E-state index in [4.69, 9.17) is 4.98 Å². The first-order valence-corrected chi connectivity index (χ1v) is 8.94. The standard InChI is InChI=1S/C19H29N3/c1-3-16(2)14-22-18-11-7-6-10-17(18)20-19(22)15-21-12-8-4-5-9-13-21/h6-7,10-11,16H,3-5,8-9,12-15H2,1-2H3/t16-/m1/s1. The fourth-order valence-electron chi connectivity index (χ4n) is 3.38. The van der Waals surface area contributed by atoms with Gasteiger partial charge in [0.2, 0.25) is 0 Å². The zero-order chi connectivity index (χ0) is 15.4. The molecule has 22 heavy (non-hydrogen) atoms. The maximum atomic E-state index is 4.95. The monoisotopic (exact) mass is 299 g/mol. The molecule has 0 amide bonds. The Morgan fingerprint density at radius 1 is 1.09 bits per heavy atom. The molecule has 1 aliphatic heterocycles. The Hall–Kier alpha value is -1.35. The van der Waals surface area contributed by atoms with Crippen molar-refractivity contribution in [2.45, 2.75) is 59.0 Å². The minimum atomic E-state index is 0.695. The van der Waals surface area contributed by atoms with E-state index in [0.717, 1.165) is 18.6 Å². The van der Waals surface area contributed by atoms with Crippen LogP contribution in [0.2, 0.25) is 0 Å². The topological polar surface area (TPSA) is 21.1 Å². The number of benzene rings is 1. The second kappa shape index (κ2) is 7.28. The summed E-state index contributed by atoms with van der Waals surface area (Å²) in [5.41, 5.74) is 2.45. The highest BCUT2D eigenvalue weighted by atomic mass is 15.2. The van der Waals surface area contributed by atoms with E-state index in [9.17, 15) is 0 Å². The van der Waals surface area contributed by atoms with Crippen LogP contribution in [-0.4, -0.2) is 27.5 Å². The van der Waals surface area contributed by atoms with Crippen LogP contribution in [-0.2, 0) is 13.1 Å². The molecule has 0 aliphatic carbocycles. The molecule has 1 saturated heterocycles. The van der Waals surface area contributed by atoms with Crippen molar-refractivity contribution in [1.82, 2.24) is 14.5 Å². The highest BCUT2D eigenvalue weighted by Gasteiger charge is 2.16. The normalized spacial score (nSPS) is 18.5. The second-order valence-electron chi connectivity index (χ2n) is 6.83. The summed E-state index contributed by atoms with van der Waals surface area (Å²) in [4.78, 5) is 7.54. The van der Waals surface area contributed by atoms with Crippen molar-refractivity contribution in [3.05, 3.63) is 30.1 Å². The summed E-state index contributed by atoms with van der Waals surface area (Å²) >= 11 is 0. The van der Waals surface area contributed by atoms with E-state index < -0.39 is 0 Å². The summed E-state index contributed by atoms with van der Waals surface area (Å²) in [5, 5.41) is 0. The van der Waals surface area contributed by atoms with Crippen molar-refractivity contribution in [2.75, 3.05) is 13.1 Å². The van der Waals surface area contributed by atoms with E-state index in [0.29, 0.717) is 5.92 Å². The molecule has 2 heterocycles. The van der Waals surface area contributed by atoms with Crippen molar-refractivity contribution < 1.29 is 0 Å². The van der Waals surface area contributed by atoms with Crippen LogP contribution < -0.4 is 0 Å². The first kappa shape index (κ1) is 15.5. The Kier molecular flexibility index (Phi) is 5.14. The molecule has 0 radical (unpaired) electrons. The minimum Gasteiger partial charge on any atom is -0.327 e. The van der Waals surface area contributed by atoms with Gasteiger partial charge < -0.3 is 4.57 Å². The van der Waals surface area contributed by atoms with E-state index in [1.54, 1.807) is 0 Å². The van der Waals surface area contributed by atoms with Gasteiger partial charge in [-0.3, -0.25) is 4.90 Å². The zero-order valence-corrected chi connectivity index (χ0v) is 14.1. The van der Waals surface area contributed by atoms with E-state index in [1.165, 1.54) is 56.5 Å². The Balaban J connectivity index is 1.87. The van der Waals surface area contributed by atoms with Gasteiger partial charge in [-0.15, -0.1) is 0 Å². The van der Waals surface area contributed by atoms with Gasteiger partial charge in [0, 0.05) is 6.54 Å². The first-order chi connectivity index (χ1) is 10.8. The summed E-state index contributed by atoms with van der Waals surface area (Å²) in [7, 11) is 0. The van der Waals surface area contributed by atoms with E-state index in [1.807, 2.05) is 0 Å². The smallest absolute Gasteiger partial charge is 0.124 e. The van der Waals surface area contributed by atoms with Crippen molar-refractivity contribution >= 4 is 11.0 Å². The molecule has 0 saturated carbocycles. The lowest BCUT2D eigenvalue weighted by atomic mass is 10.1. The molecular formula is C19H29N3. The van der Waals surface area contributed by atoms with Crippen molar-refractivity contribution in [3.8, 4) is 0 Å². The second-order valence-corrected chi connectivity index (χ2v) is 6.83. The number of hydrogen-bond donors (Lipinski definition) is 0. The maximum absolute atomic E-state index is 4.95. The number of para-hydroxylation sites is 2. The molecule has 3 rings (SSSR count). The molecule has 2 aromatic rings. The van der Waals surface area contributed by atoms with Gasteiger partial charge in [-0.25, -0.2) is 4.98 Å². The first-order valence-electron chi connectivity index (χ1n) is 8.94. The Morgan fingerprint density at radius 3 is 2.55 bits per heavy atom. The zero-order valence-electron chi connectivity index (χ0n) is 14.1. The molecule has 1 aliphatic rings. The Labute approximate surface area is 134 Å². The van der Waals surface area contributed by atoms with Gasteiger partial charge >= 0.3 is 0 Å². The largest absolute Gasteiger partial charge is 0.327 e. The third kappa shape index (κ3) is 3.52. The molecule has 0 N–H and O–H groups in total. The average Bonchev–Trinajstić information content (AvgIpc) is 2.71. The van der Waals surface area contributed by atoms with Gasteiger partial charge in [0.05, 0.1) is 17.6 Å². The van der Waals surface area contributed by atoms with Crippen LogP contribution in [0.5, 0.6) is 0 Å². The van der Waals surface area contributed by atoms with Gasteiger partial charge in [-0.05, 0) is 44.0 Å². The van der Waals surface area contributed by atoms with Crippen molar-refractivity contribution in [1.29, 1.82) is 0 Å². The van der Waals surface area contributed by atoms with E-state index in [2.05, 4.69) is 47.6 Å². The summed E-state index contributed by atoms with van der Waals surface area (Å²) in [6.45, 7) is 9.16. The fourth-order valence-corrected chi connectivity index (χ4v) is 3.38. The predicted molar refractivity (Wildman–Crippen MR) is 92.9 cm³/mol.